The average molecular weight is 369 g/mol. The van der Waals surface area contributed by atoms with Crippen LogP contribution in [-0.4, -0.2) is 37.1 Å². The highest BCUT2D eigenvalue weighted by molar-refractivity contribution is 5.92. The second kappa shape index (κ2) is 9.58. The van der Waals surface area contributed by atoms with Crippen LogP contribution in [0.25, 0.3) is 0 Å². The van der Waals surface area contributed by atoms with E-state index >= 15 is 0 Å². The fourth-order valence-electron chi connectivity index (χ4n) is 2.16. The predicted octanol–water partition coefficient (Wildman–Crippen LogP) is -2.16. The van der Waals surface area contributed by atoms with Gasteiger partial charge in [-0.2, -0.15) is 0 Å². The van der Waals surface area contributed by atoms with Gasteiger partial charge in [-0.25, -0.2) is 4.98 Å². The number of pyridine rings is 1. The molecule has 1 heterocycles. The van der Waals surface area contributed by atoms with Gasteiger partial charge in [0, 0.05) is 12.5 Å². The van der Waals surface area contributed by atoms with E-state index in [2.05, 4.69) is 10.1 Å². The van der Waals surface area contributed by atoms with Crippen molar-refractivity contribution in [2.24, 2.45) is 0 Å². The van der Waals surface area contributed by atoms with Crippen LogP contribution in [0.5, 0.6) is 23.0 Å². The van der Waals surface area contributed by atoms with Crippen molar-refractivity contribution in [1.29, 1.82) is 0 Å². The molecule has 0 fully saturated rings. The first-order valence-electron chi connectivity index (χ1n) is 7.25. The number of hydrogen-bond donors (Lipinski definition) is 2. The molecule has 2 rings (SSSR count). The summed E-state index contributed by atoms with van der Waals surface area (Å²) in [5, 5.41) is 12.1. The fourth-order valence-corrected chi connectivity index (χ4v) is 2.16. The van der Waals surface area contributed by atoms with E-state index in [1.54, 1.807) is 39.5 Å². The van der Waals surface area contributed by atoms with Crippen LogP contribution in [0.3, 0.4) is 0 Å². The molecule has 0 saturated heterocycles. The number of hydrogen-bond acceptors (Lipinski definition) is 6. The van der Waals surface area contributed by atoms with E-state index in [1.165, 1.54) is 6.20 Å². The van der Waals surface area contributed by atoms with Crippen molar-refractivity contribution < 1.29 is 41.7 Å². The number of aromatic hydroxyl groups is 1. The van der Waals surface area contributed by atoms with E-state index in [0.717, 1.165) is 11.3 Å². The average Bonchev–Trinajstić information content (AvgIpc) is 2.61. The molecule has 0 amide bonds. The monoisotopic (exact) mass is 368 g/mol. The number of methoxy groups -OCH3 is 3. The zero-order valence-electron chi connectivity index (χ0n) is 14.5. The number of ether oxygens (including phenoxy) is 3. The Morgan fingerprint density at radius 1 is 1.04 bits per heavy atom. The van der Waals surface area contributed by atoms with Crippen molar-refractivity contribution >= 4 is 5.71 Å². The Morgan fingerprint density at radius 2 is 1.76 bits per heavy atom. The summed E-state index contributed by atoms with van der Waals surface area (Å²) >= 11 is 0. The van der Waals surface area contributed by atoms with Gasteiger partial charge in [0.15, 0.2) is 18.1 Å². The largest absolute Gasteiger partial charge is 1.00 e. The summed E-state index contributed by atoms with van der Waals surface area (Å²) in [4.78, 5) is 9.61. The van der Waals surface area contributed by atoms with E-state index in [9.17, 15) is 5.11 Å². The van der Waals surface area contributed by atoms with Crippen LogP contribution >= 0.6 is 0 Å². The van der Waals surface area contributed by atoms with Gasteiger partial charge in [0.2, 0.25) is 11.5 Å². The van der Waals surface area contributed by atoms with Crippen molar-refractivity contribution in [1.82, 2.24) is 4.98 Å². The number of halogens is 1. The molecule has 25 heavy (non-hydrogen) atoms. The van der Waals surface area contributed by atoms with Crippen LogP contribution in [-0.2, 0) is 11.4 Å². The Labute approximate surface area is 152 Å². The van der Waals surface area contributed by atoms with Gasteiger partial charge in [-0.05, 0) is 29.4 Å². The van der Waals surface area contributed by atoms with Gasteiger partial charge in [-0.3, -0.25) is 4.84 Å². The van der Waals surface area contributed by atoms with Gasteiger partial charge < -0.3 is 31.7 Å². The summed E-state index contributed by atoms with van der Waals surface area (Å²) in [5.41, 5.74) is 2.19. The van der Waals surface area contributed by atoms with Gasteiger partial charge in [0.05, 0.1) is 27.5 Å². The number of aromatic nitrogens is 1. The molecule has 2 N–H and O–H groups in total. The Hall–Kier alpha value is -2.67. The SMILES string of the molecule is COc1ccc(CO[NH+]=C(C)c2ccc(O)cn2)c(OC)c1OC.[Cl-]. The number of benzene rings is 1. The molecule has 0 spiro atoms. The highest BCUT2D eigenvalue weighted by atomic mass is 35.5. The molecule has 0 aliphatic heterocycles. The van der Waals surface area contributed by atoms with Crippen LogP contribution in [0.4, 0.5) is 0 Å². The molecule has 0 saturated carbocycles. The summed E-state index contributed by atoms with van der Waals surface area (Å²) in [6.45, 7) is 2.07. The minimum Gasteiger partial charge on any atom is -1.00 e. The molecule has 0 bridgehead atoms. The second-order valence-electron chi connectivity index (χ2n) is 4.91. The molecular formula is C17H21ClN2O5. The minimum atomic E-state index is 0. The fraction of sp³-hybridized carbons (Fsp3) is 0.294. The lowest BCUT2D eigenvalue weighted by Gasteiger charge is -2.14. The summed E-state index contributed by atoms with van der Waals surface area (Å²) in [6, 6.07) is 6.89. The van der Waals surface area contributed by atoms with Crippen LogP contribution in [0, 0.1) is 0 Å². The van der Waals surface area contributed by atoms with Crippen LogP contribution in [0.2, 0.25) is 0 Å². The smallest absolute Gasteiger partial charge is 0.247 e. The Kier molecular flexibility index (Phi) is 7.81. The molecule has 1 aromatic carbocycles. The molecule has 0 radical (unpaired) electrons. The van der Waals surface area contributed by atoms with Crippen molar-refractivity contribution in [2.75, 3.05) is 21.3 Å². The zero-order chi connectivity index (χ0) is 17.5. The van der Waals surface area contributed by atoms with Crippen molar-refractivity contribution in [2.45, 2.75) is 13.5 Å². The van der Waals surface area contributed by atoms with Gasteiger partial charge in [0.1, 0.15) is 11.4 Å². The summed E-state index contributed by atoms with van der Waals surface area (Å²) in [7, 11) is 4.68. The maximum absolute atomic E-state index is 9.25. The molecule has 0 aliphatic carbocycles. The van der Waals surface area contributed by atoms with E-state index in [4.69, 9.17) is 19.0 Å². The predicted molar refractivity (Wildman–Crippen MR) is 87.5 cm³/mol. The molecule has 8 heteroatoms. The first-order valence-corrected chi connectivity index (χ1v) is 7.25. The molecule has 0 aliphatic rings. The highest BCUT2D eigenvalue weighted by Gasteiger charge is 2.17. The van der Waals surface area contributed by atoms with Crippen LogP contribution < -0.4 is 31.8 Å². The quantitative estimate of drug-likeness (QED) is 0.428. The van der Waals surface area contributed by atoms with Gasteiger partial charge >= 0.3 is 0 Å². The number of rotatable bonds is 7. The van der Waals surface area contributed by atoms with Crippen LogP contribution in [0.1, 0.15) is 18.2 Å². The lowest BCUT2D eigenvalue weighted by Crippen LogP contribution is -3.00. The first kappa shape index (κ1) is 20.4. The number of nitrogens with one attached hydrogen (secondary N) is 1. The normalized spacial score (nSPS) is 10.6. The molecular weight excluding hydrogens is 348 g/mol. The minimum absolute atomic E-state index is 0. The Bertz CT molecular complexity index is 720. The molecule has 0 unspecified atom stereocenters. The maximum atomic E-state index is 9.25. The third-order valence-electron chi connectivity index (χ3n) is 3.37. The van der Waals surface area contributed by atoms with Crippen molar-refractivity contribution in [3.05, 3.63) is 41.7 Å². The second-order valence-corrected chi connectivity index (χ2v) is 4.91. The molecule has 7 nitrogen and oxygen atoms in total. The lowest BCUT2D eigenvalue weighted by atomic mass is 10.2. The van der Waals surface area contributed by atoms with E-state index in [1.807, 2.05) is 13.0 Å². The van der Waals surface area contributed by atoms with Gasteiger partial charge in [-0.15, -0.1) is 0 Å². The van der Waals surface area contributed by atoms with E-state index in [-0.39, 0.29) is 24.8 Å². The molecule has 2 aromatic rings. The topological polar surface area (TPSA) is 84.0 Å². The lowest BCUT2D eigenvalue weighted by molar-refractivity contribution is -0.758. The summed E-state index contributed by atoms with van der Waals surface area (Å²) in [6.07, 6.45) is 1.37. The van der Waals surface area contributed by atoms with Crippen molar-refractivity contribution in [3.63, 3.8) is 0 Å². The standard InChI is InChI=1S/C17H20N2O5.ClH/c1-11(14-7-6-13(20)9-18-14)19-24-10-12-5-8-15(21-2)17(23-4)16(12)22-3;/h5-9,20H,10H2,1-4H3;1H. The molecule has 1 aromatic heterocycles. The van der Waals surface area contributed by atoms with Gasteiger partial charge in [0.25, 0.3) is 0 Å². The third kappa shape index (κ3) is 4.90. The summed E-state index contributed by atoms with van der Waals surface area (Å²) < 4.78 is 16.0. The number of nitrogens with zero attached hydrogens (tertiary/aromatic N) is 1. The Morgan fingerprint density at radius 3 is 2.32 bits per heavy atom. The maximum Gasteiger partial charge on any atom is 0.247 e. The zero-order valence-corrected chi connectivity index (χ0v) is 15.3. The summed E-state index contributed by atoms with van der Waals surface area (Å²) in [5.74, 6) is 1.77. The molecule has 0 atom stereocenters. The highest BCUT2D eigenvalue weighted by Crippen LogP contribution is 2.39. The van der Waals surface area contributed by atoms with Gasteiger partial charge in [-0.1, -0.05) is 0 Å². The Balaban J connectivity index is 0.00000312. The first-order chi connectivity index (χ1) is 11.6. The molecule has 136 valence electrons. The third-order valence-corrected chi connectivity index (χ3v) is 3.37. The van der Waals surface area contributed by atoms with E-state index < -0.39 is 0 Å². The van der Waals surface area contributed by atoms with E-state index in [0.29, 0.717) is 22.9 Å². The van der Waals surface area contributed by atoms with Crippen molar-refractivity contribution in [3.8, 4) is 23.0 Å². The van der Waals surface area contributed by atoms with Crippen LogP contribution in [0.15, 0.2) is 30.5 Å².